The third-order valence-corrected chi connectivity index (χ3v) is 5.32. The molecule has 2 aliphatic heterocycles. The Morgan fingerprint density at radius 2 is 1.77 bits per heavy atom. The van der Waals surface area contributed by atoms with E-state index in [1.807, 2.05) is 9.80 Å². The topological polar surface area (TPSA) is 43.9 Å². The molecule has 0 spiro atoms. The van der Waals surface area contributed by atoms with E-state index in [1.165, 1.54) is 18.4 Å². The summed E-state index contributed by atoms with van der Waals surface area (Å²) in [4.78, 5) is 30.7. The number of carbonyl (C=O) groups is 2. The third-order valence-electron chi connectivity index (χ3n) is 5.32. The number of nitrogens with zero attached hydrogens (tertiary/aromatic N) is 3. The van der Waals surface area contributed by atoms with Crippen molar-refractivity contribution in [2.45, 2.75) is 32.1 Å². The van der Waals surface area contributed by atoms with Crippen LogP contribution in [-0.2, 0) is 9.59 Å². The highest BCUT2D eigenvalue weighted by atomic mass is 16.2. The normalized spacial score (nSPS) is 26.4. The molecular weight excluding hydrogens is 278 g/mol. The SMILES string of the molecule is CN1CCN(C(=O)CC(=O)N2CCC3CCCC=C3C2)CC1. The largest absolute Gasteiger partial charge is 0.340 e. The van der Waals surface area contributed by atoms with Crippen LogP contribution in [0.15, 0.2) is 11.6 Å². The minimum Gasteiger partial charge on any atom is -0.340 e. The smallest absolute Gasteiger partial charge is 0.232 e. The summed E-state index contributed by atoms with van der Waals surface area (Å²) < 4.78 is 0. The van der Waals surface area contributed by atoms with E-state index in [0.29, 0.717) is 5.92 Å². The van der Waals surface area contributed by atoms with Crippen LogP contribution in [0.5, 0.6) is 0 Å². The third kappa shape index (κ3) is 3.51. The van der Waals surface area contributed by atoms with Crippen LogP contribution in [0.4, 0.5) is 0 Å². The minimum atomic E-state index is -0.00199. The Balaban J connectivity index is 1.51. The Morgan fingerprint density at radius 1 is 1.05 bits per heavy atom. The van der Waals surface area contributed by atoms with Crippen molar-refractivity contribution in [2.75, 3.05) is 46.3 Å². The van der Waals surface area contributed by atoms with Gasteiger partial charge in [0.25, 0.3) is 0 Å². The molecule has 1 unspecified atom stereocenters. The van der Waals surface area contributed by atoms with Gasteiger partial charge in [-0.1, -0.05) is 11.6 Å². The van der Waals surface area contributed by atoms with Crippen LogP contribution >= 0.6 is 0 Å². The van der Waals surface area contributed by atoms with Crippen LogP contribution in [0.2, 0.25) is 0 Å². The molecule has 5 nitrogen and oxygen atoms in total. The zero-order valence-electron chi connectivity index (χ0n) is 13.6. The number of likely N-dealkylation sites (N-methyl/N-ethyl adjacent to an activating group) is 1. The lowest BCUT2D eigenvalue weighted by Gasteiger charge is -2.37. The predicted octanol–water partition coefficient (Wildman–Crippen LogP) is 1.11. The number of piperazine rings is 1. The number of piperidine rings is 1. The lowest BCUT2D eigenvalue weighted by atomic mass is 9.82. The van der Waals surface area contributed by atoms with Gasteiger partial charge in [-0.3, -0.25) is 9.59 Å². The summed E-state index contributed by atoms with van der Waals surface area (Å²) in [7, 11) is 2.06. The molecule has 2 amide bonds. The van der Waals surface area contributed by atoms with E-state index in [9.17, 15) is 9.59 Å². The first-order valence-corrected chi connectivity index (χ1v) is 8.56. The van der Waals surface area contributed by atoms with Gasteiger partial charge in [0.15, 0.2) is 0 Å². The number of hydrogen-bond donors (Lipinski definition) is 0. The summed E-state index contributed by atoms with van der Waals surface area (Å²) >= 11 is 0. The van der Waals surface area contributed by atoms with Crippen molar-refractivity contribution in [1.29, 1.82) is 0 Å². The number of fused-ring (bicyclic) bond motifs is 1. The van der Waals surface area contributed by atoms with Gasteiger partial charge in [0.1, 0.15) is 6.42 Å². The summed E-state index contributed by atoms with van der Waals surface area (Å²) in [5.41, 5.74) is 1.43. The maximum atomic E-state index is 12.4. The summed E-state index contributed by atoms with van der Waals surface area (Å²) in [6.07, 6.45) is 7.13. The Morgan fingerprint density at radius 3 is 2.55 bits per heavy atom. The van der Waals surface area contributed by atoms with Crippen LogP contribution in [0, 0.1) is 5.92 Å². The van der Waals surface area contributed by atoms with Crippen molar-refractivity contribution >= 4 is 11.8 Å². The van der Waals surface area contributed by atoms with Crippen molar-refractivity contribution in [3.63, 3.8) is 0 Å². The lowest BCUT2D eigenvalue weighted by molar-refractivity contribution is -0.141. The lowest BCUT2D eigenvalue weighted by Crippen LogP contribution is -2.49. The summed E-state index contributed by atoms with van der Waals surface area (Å²) in [5.74, 6) is 0.692. The van der Waals surface area contributed by atoms with Crippen molar-refractivity contribution in [1.82, 2.24) is 14.7 Å². The molecular formula is C17H27N3O2. The van der Waals surface area contributed by atoms with E-state index >= 15 is 0 Å². The molecule has 2 heterocycles. The minimum absolute atomic E-state index is 0.00199. The van der Waals surface area contributed by atoms with E-state index in [4.69, 9.17) is 0 Å². The molecule has 0 aromatic carbocycles. The Kier molecular flexibility index (Phi) is 4.81. The predicted molar refractivity (Wildman–Crippen MR) is 85.3 cm³/mol. The van der Waals surface area contributed by atoms with Crippen LogP contribution in [0.25, 0.3) is 0 Å². The highest BCUT2D eigenvalue weighted by Crippen LogP contribution is 2.32. The molecule has 1 aliphatic carbocycles. The number of likely N-dealkylation sites (tertiary alicyclic amines) is 1. The second-order valence-corrected chi connectivity index (χ2v) is 6.87. The maximum absolute atomic E-state index is 12.4. The average Bonchev–Trinajstić information content (AvgIpc) is 2.55. The zero-order valence-corrected chi connectivity index (χ0v) is 13.6. The van der Waals surface area contributed by atoms with Gasteiger partial charge in [0.2, 0.25) is 11.8 Å². The van der Waals surface area contributed by atoms with Crippen molar-refractivity contribution < 1.29 is 9.59 Å². The molecule has 3 rings (SSSR count). The standard InChI is InChI=1S/C17H27N3O2/c1-18-8-10-19(11-9-18)16(21)12-17(22)20-7-6-14-4-2-3-5-15(14)13-20/h5,14H,2-4,6-13H2,1H3. The molecule has 0 aromatic heterocycles. The second-order valence-electron chi connectivity index (χ2n) is 6.87. The van der Waals surface area contributed by atoms with Crippen molar-refractivity contribution in [2.24, 2.45) is 5.92 Å². The van der Waals surface area contributed by atoms with Gasteiger partial charge in [0.05, 0.1) is 0 Å². The van der Waals surface area contributed by atoms with E-state index < -0.39 is 0 Å². The maximum Gasteiger partial charge on any atom is 0.232 e. The van der Waals surface area contributed by atoms with Gasteiger partial charge in [-0.25, -0.2) is 0 Å². The van der Waals surface area contributed by atoms with Crippen LogP contribution in [0.3, 0.4) is 0 Å². The monoisotopic (exact) mass is 305 g/mol. The van der Waals surface area contributed by atoms with E-state index in [0.717, 1.165) is 52.1 Å². The first-order chi connectivity index (χ1) is 10.6. The van der Waals surface area contributed by atoms with Gasteiger partial charge in [-0.15, -0.1) is 0 Å². The highest BCUT2D eigenvalue weighted by molar-refractivity contribution is 5.97. The molecule has 1 atom stereocenters. The van der Waals surface area contributed by atoms with Gasteiger partial charge < -0.3 is 14.7 Å². The second kappa shape index (κ2) is 6.82. The number of rotatable bonds is 2. The fraction of sp³-hybridized carbons (Fsp3) is 0.765. The van der Waals surface area contributed by atoms with Crippen molar-refractivity contribution in [3.8, 4) is 0 Å². The molecule has 22 heavy (non-hydrogen) atoms. The molecule has 122 valence electrons. The molecule has 0 bridgehead atoms. The molecule has 5 heteroatoms. The number of hydrogen-bond acceptors (Lipinski definition) is 3. The summed E-state index contributed by atoms with van der Waals surface area (Å²) in [6.45, 7) is 4.86. The quantitative estimate of drug-likeness (QED) is 0.567. The fourth-order valence-corrected chi connectivity index (χ4v) is 3.76. The molecule has 3 aliphatic rings. The van der Waals surface area contributed by atoms with Crippen LogP contribution in [-0.4, -0.2) is 72.8 Å². The molecule has 2 saturated heterocycles. The number of carbonyl (C=O) groups excluding carboxylic acids is 2. The molecule has 2 fully saturated rings. The Labute approximate surface area is 132 Å². The van der Waals surface area contributed by atoms with Crippen LogP contribution in [0.1, 0.15) is 32.1 Å². The Hall–Kier alpha value is -1.36. The first kappa shape index (κ1) is 15.5. The molecule has 0 N–H and O–H groups in total. The number of amides is 2. The fourth-order valence-electron chi connectivity index (χ4n) is 3.76. The van der Waals surface area contributed by atoms with E-state index in [-0.39, 0.29) is 18.2 Å². The summed E-state index contributed by atoms with van der Waals surface area (Å²) in [5, 5.41) is 0. The van der Waals surface area contributed by atoms with Gasteiger partial charge in [0, 0.05) is 39.3 Å². The first-order valence-electron chi connectivity index (χ1n) is 8.56. The molecule has 0 radical (unpaired) electrons. The van der Waals surface area contributed by atoms with E-state index in [2.05, 4.69) is 18.0 Å². The van der Waals surface area contributed by atoms with Crippen LogP contribution < -0.4 is 0 Å². The Bertz CT molecular complexity index is 467. The van der Waals surface area contributed by atoms with Gasteiger partial charge >= 0.3 is 0 Å². The number of allylic oxidation sites excluding steroid dienone is 1. The zero-order chi connectivity index (χ0) is 15.5. The highest BCUT2D eigenvalue weighted by Gasteiger charge is 2.29. The van der Waals surface area contributed by atoms with Gasteiger partial charge in [-0.2, -0.15) is 0 Å². The van der Waals surface area contributed by atoms with Gasteiger partial charge in [-0.05, 0) is 38.6 Å². The van der Waals surface area contributed by atoms with E-state index in [1.54, 1.807) is 0 Å². The average molecular weight is 305 g/mol. The molecule has 0 saturated carbocycles. The summed E-state index contributed by atoms with van der Waals surface area (Å²) in [6, 6.07) is 0. The van der Waals surface area contributed by atoms with Crippen molar-refractivity contribution in [3.05, 3.63) is 11.6 Å². The molecule has 0 aromatic rings.